The Morgan fingerprint density at radius 2 is 2.44 bits per heavy atom. The van der Waals surface area contributed by atoms with E-state index in [-0.39, 0.29) is 0 Å². The molecule has 1 nitrogen and oxygen atoms in total. The summed E-state index contributed by atoms with van der Waals surface area (Å²) in [6.07, 6.45) is 9.60. The third kappa shape index (κ3) is 3.54. The molecule has 0 aromatic heterocycles. The van der Waals surface area contributed by atoms with Crippen LogP contribution in [0.5, 0.6) is 0 Å². The average Bonchev–Trinajstić information content (AvgIpc) is 1.91. The predicted octanol–water partition coefficient (Wildman–Crippen LogP) is 1.66. The molecule has 0 N–H and O–H groups in total. The molecule has 0 aromatic carbocycles. The molecule has 0 fully saturated rings. The molecular weight excluding hydrogens is 110 g/mol. The third-order valence-electron chi connectivity index (χ3n) is 0.991. The van der Waals surface area contributed by atoms with Crippen molar-refractivity contribution in [2.75, 3.05) is 7.05 Å². The number of allylic oxidation sites excluding steroid dienone is 2. The fraction of sp³-hybridized carbons (Fsp3) is 0.375. The van der Waals surface area contributed by atoms with Crippen molar-refractivity contribution < 1.29 is 0 Å². The van der Waals surface area contributed by atoms with E-state index in [2.05, 4.69) is 10.9 Å². The maximum Gasteiger partial charge on any atom is 0.0277 e. The molecule has 0 rings (SSSR count). The molecule has 0 amide bonds. The maximum atomic E-state index is 5.14. The van der Waals surface area contributed by atoms with Crippen molar-refractivity contribution in [2.45, 2.75) is 13.3 Å². The van der Waals surface area contributed by atoms with E-state index in [1.54, 1.807) is 13.3 Å². The van der Waals surface area contributed by atoms with Crippen molar-refractivity contribution in [2.24, 2.45) is 4.99 Å². The molecule has 0 atom stereocenters. The highest BCUT2D eigenvalue weighted by Gasteiger charge is 1.81. The van der Waals surface area contributed by atoms with Gasteiger partial charge in [0.1, 0.15) is 0 Å². The lowest BCUT2D eigenvalue weighted by atomic mass is 10.2. The van der Waals surface area contributed by atoms with Gasteiger partial charge in [0.25, 0.3) is 0 Å². The molecule has 0 aliphatic rings. The monoisotopic (exact) mass is 121 g/mol. The Labute approximate surface area is 56.5 Å². The first-order valence-electron chi connectivity index (χ1n) is 2.93. The van der Waals surface area contributed by atoms with E-state index >= 15 is 0 Å². The van der Waals surface area contributed by atoms with Crippen LogP contribution in [-0.4, -0.2) is 13.3 Å². The number of hydrogen-bond donors (Lipinski definition) is 0. The largest absolute Gasteiger partial charge is 0.296 e. The highest BCUT2D eigenvalue weighted by Crippen LogP contribution is 1.94. The predicted molar refractivity (Wildman–Crippen MR) is 41.6 cm³/mol. The number of rotatable bonds is 2. The van der Waals surface area contributed by atoms with Gasteiger partial charge in [0.05, 0.1) is 0 Å². The van der Waals surface area contributed by atoms with Crippen LogP contribution in [0.15, 0.2) is 16.6 Å². The molecule has 0 heterocycles. The van der Waals surface area contributed by atoms with E-state index in [4.69, 9.17) is 6.42 Å². The van der Waals surface area contributed by atoms with Crippen LogP contribution in [0.2, 0.25) is 0 Å². The van der Waals surface area contributed by atoms with E-state index in [0.29, 0.717) is 0 Å². The molecule has 0 saturated heterocycles. The Kier molecular flexibility index (Phi) is 4.53. The fourth-order valence-electron chi connectivity index (χ4n) is 0.433. The summed E-state index contributed by atoms with van der Waals surface area (Å²) in [6.45, 7) is 2.02. The third-order valence-corrected chi connectivity index (χ3v) is 0.991. The van der Waals surface area contributed by atoms with Crippen LogP contribution >= 0.6 is 0 Å². The van der Waals surface area contributed by atoms with Gasteiger partial charge in [-0.2, -0.15) is 0 Å². The van der Waals surface area contributed by atoms with Gasteiger partial charge in [-0.25, -0.2) is 0 Å². The van der Waals surface area contributed by atoms with Gasteiger partial charge < -0.3 is 0 Å². The summed E-state index contributed by atoms with van der Waals surface area (Å²) in [6, 6.07) is 0. The molecular formula is C8H11N. The Balaban J connectivity index is 3.96. The lowest BCUT2D eigenvalue weighted by Gasteiger charge is -1.86. The highest BCUT2D eigenvalue weighted by atomic mass is 14.6. The molecule has 0 aliphatic carbocycles. The Hall–Kier alpha value is -1.03. The van der Waals surface area contributed by atoms with Crippen LogP contribution in [0.4, 0.5) is 0 Å². The zero-order valence-electron chi connectivity index (χ0n) is 5.89. The van der Waals surface area contributed by atoms with Crippen molar-refractivity contribution in [3.63, 3.8) is 0 Å². The van der Waals surface area contributed by atoms with Crippen molar-refractivity contribution >= 4 is 6.21 Å². The first-order chi connectivity index (χ1) is 4.35. The minimum absolute atomic E-state index is 0.905. The van der Waals surface area contributed by atoms with Gasteiger partial charge in [-0.05, 0) is 12.5 Å². The van der Waals surface area contributed by atoms with Crippen LogP contribution in [0.1, 0.15) is 13.3 Å². The van der Waals surface area contributed by atoms with Crippen LogP contribution in [0, 0.1) is 12.3 Å². The summed E-state index contributed by atoms with van der Waals surface area (Å²) in [7, 11) is 1.72. The van der Waals surface area contributed by atoms with E-state index in [1.165, 1.54) is 0 Å². The van der Waals surface area contributed by atoms with E-state index < -0.39 is 0 Å². The first-order valence-corrected chi connectivity index (χ1v) is 2.93. The van der Waals surface area contributed by atoms with E-state index in [9.17, 15) is 0 Å². The topological polar surface area (TPSA) is 12.4 Å². The summed E-state index contributed by atoms with van der Waals surface area (Å²) in [5, 5.41) is 0. The average molecular weight is 121 g/mol. The zero-order chi connectivity index (χ0) is 7.11. The van der Waals surface area contributed by atoms with E-state index in [1.807, 2.05) is 13.0 Å². The second-order valence-corrected chi connectivity index (χ2v) is 1.60. The molecule has 0 radical (unpaired) electrons. The number of terminal acetylenes is 1. The van der Waals surface area contributed by atoms with Gasteiger partial charge in [0.15, 0.2) is 0 Å². The van der Waals surface area contributed by atoms with Gasteiger partial charge in [-0.1, -0.05) is 12.8 Å². The van der Waals surface area contributed by atoms with Gasteiger partial charge in [-0.3, -0.25) is 4.99 Å². The maximum absolute atomic E-state index is 5.14. The van der Waals surface area contributed by atoms with Crippen LogP contribution in [0.25, 0.3) is 0 Å². The second-order valence-electron chi connectivity index (χ2n) is 1.60. The fourth-order valence-corrected chi connectivity index (χ4v) is 0.433. The zero-order valence-corrected chi connectivity index (χ0v) is 5.89. The lowest BCUT2D eigenvalue weighted by Crippen LogP contribution is -1.74. The molecule has 0 aromatic rings. The molecule has 9 heavy (non-hydrogen) atoms. The van der Waals surface area contributed by atoms with Gasteiger partial charge in [0, 0.05) is 18.8 Å². The second kappa shape index (κ2) is 5.11. The molecule has 48 valence electrons. The summed E-state index contributed by atoms with van der Waals surface area (Å²) in [4.78, 5) is 3.77. The Morgan fingerprint density at radius 3 is 2.78 bits per heavy atom. The minimum atomic E-state index is 0.905. The highest BCUT2D eigenvalue weighted by molar-refractivity contribution is 5.73. The molecule has 1 heteroatoms. The summed E-state index contributed by atoms with van der Waals surface area (Å²) < 4.78 is 0. The van der Waals surface area contributed by atoms with Crippen molar-refractivity contribution in [1.29, 1.82) is 0 Å². The SMILES string of the molecule is C#C/C(=C/C=NC)CC. The number of aliphatic imine (C=N–C) groups is 1. The Bertz CT molecular complexity index is 158. The number of nitrogens with zero attached hydrogens (tertiary/aromatic N) is 1. The quantitative estimate of drug-likeness (QED) is 0.389. The minimum Gasteiger partial charge on any atom is -0.296 e. The van der Waals surface area contributed by atoms with Crippen molar-refractivity contribution in [3.05, 3.63) is 11.6 Å². The molecule has 0 unspecified atom stereocenters. The number of hydrogen-bond acceptors (Lipinski definition) is 1. The standard InChI is InChI=1S/C8H11N/c1-4-8(5-2)6-7-9-3/h1,6-7H,5H2,2-3H3/b8-6-,9-7?. The smallest absolute Gasteiger partial charge is 0.0277 e. The molecule has 0 bridgehead atoms. The normalized spacial score (nSPS) is 11.9. The summed E-state index contributed by atoms with van der Waals surface area (Å²) in [5.74, 6) is 2.56. The molecule has 0 saturated carbocycles. The van der Waals surface area contributed by atoms with Gasteiger partial charge >= 0.3 is 0 Å². The molecule has 0 aliphatic heterocycles. The summed E-state index contributed by atoms with van der Waals surface area (Å²) in [5.41, 5.74) is 0.987. The Morgan fingerprint density at radius 1 is 1.78 bits per heavy atom. The van der Waals surface area contributed by atoms with Gasteiger partial charge in [0.2, 0.25) is 0 Å². The van der Waals surface area contributed by atoms with Crippen molar-refractivity contribution in [3.8, 4) is 12.3 Å². The van der Waals surface area contributed by atoms with Crippen molar-refractivity contribution in [1.82, 2.24) is 0 Å². The van der Waals surface area contributed by atoms with Crippen LogP contribution < -0.4 is 0 Å². The molecule has 0 spiro atoms. The van der Waals surface area contributed by atoms with Gasteiger partial charge in [-0.15, -0.1) is 6.42 Å². The lowest BCUT2D eigenvalue weighted by molar-refractivity contribution is 1.17. The van der Waals surface area contributed by atoms with E-state index in [0.717, 1.165) is 12.0 Å². The first kappa shape index (κ1) is 7.97. The van der Waals surface area contributed by atoms with Crippen LogP contribution in [0.3, 0.4) is 0 Å². The van der Waals surface area contributed by atoms with Crippen LogP contribution in [-0.2, 0) is 0 Å². The summed E-state index contributed by atoms with van der Waals surface area (Å²) >= 11 is 0.